The number of carbonyl (C=O) groups is 1. The molecule has 2 aromatic rings. The van der Waals surface area contributed by atoms with Crippen molar-refractivity contribution in [1.29, 1.82) is 0 Å². The van der Waals surface area contributed by atoms with Crippen LogP contribution in [-0.4, -0.2) is 67.3 Å². The molecule has 132 valence electrons. The highest BCUT2D eigenvalue weighted by atomic mass is 16.5. The maximum absolute atomic E-state index is 11.9. The van der Waals surface area contributed by atoms with E-state index in [1.165, 1.54) is 0 Å². The lowest BCUT2D eigenvalue weighted by Gasteiger charge is -2.35. The van der Waals surface area contributed by atoms with Gasteiger partial charge in [0.15, 0.2) is 0 Å². The second-order valence-electron chi connectivity index (χ2n) is 5.68. The third-order valence-corrected chi connectivity index (χ3v) is 4.03. The molecular formula is C17H22N6O2. The highest BCUT2D eigenvalue weighted by Gasteiger charge is 2.20. The van der Waals surface area contributed by atoms with Gasteiger partial charge in [-0.3, -0.25) is 4.79 Å². The van der Waals surface area contributed by atoms with Gasteiger partial charge in [0.1, 0.15) is 5.82 Å². The van der Waals surface area contributed by atoms with Gasteiger partial charge in [-0.2, -0.15) is 0 Å². The molecule has 2 aromatic heterocycles. The molecule has 3 heterocycles. The van der Waals surface area contributed by atoms with Crippen LogP contribution in [0.15, 0.2) is 36.8 Å². The van der Waals surface area contributed by atoms with Crippen molar-refractivity contribution in [2.75, 3.05) is 56.2 Å². The Morgan fingerprint density at radius 3 is 2.48 bits per heavy atom. The maximum Gasteiger partial charge on any atom is 0.254 e. The Balaban J connectivity index is 1.54. The van der Waals surface area contributed by atoms with E-state index in [1.807, 2.05) is 18.2 Å². The number of ether oxygens (including phenoxy) is 1. The Morgan fingerprint density at radius 1 is 1.12 bits per heavy atom. The van der Waals surface area contributed by atoms with Gasteiger partial charge in [0.05, 0.1) is 12.2 Å². The van der Waals surface area contributed by atoms with Crippen molar-refractivity contribution < 1.29 is 9.53 Å². The molecule has 0 aromatic carbocycles. The number of carbonyl (C=O) groups excluding carboxylic acids is 1. The summed E-state index contributed by atoms with van der Waals surface area (Å²) in [6.45, 7) is 4.29. The monoisotopic (exact) mass is 342 g/mol. The van der Waals surface area contributed by atoms with Crippen LogP contribution in [0.5, 0.6) is 0 Å². The molecule has 8 heteroatoms. The Labute approximate surface area is 146 Å². The number of nitrogens with zero attached hydrogens (tertiary/aromatic N) is 5. The minimum Gasteiger partial charge on any atom is -0.383 e. The number of amides is 1. The average molecular weight is 342 g/mol. The molecule has 1 aliphatic rings. The van der Waals surface area contributed by atoms with Crippen molar-refractivity contribution >= 4 is 17.7 Å². The van der Waals surface area contributed by atoms with Crippen LogP contribution in [0.3, 0.4) is 0 Å². The van der Waals surface area contributed by atoms with E-state index >= 15 is 0 Å². The SMILES string of the molecule is COCCNC(=O)c1cnc(N2CCN(c3ccccn3)CC2)nc1. The van der Waals surface area contributed by atoms with Crippen molar-refractivity contribution in [3.8, 4) is 0 Å². The number of hydrogen-bond acceptors (Lipinski definition) is 7. The second-order valence-corrected chi connectivity index (χ2v) is 5.68. The molecule has 1 saturated heterocycles. The predicted octanol–water partition coefficient (Wildman–Crippen LogP) is 0.574. The van der Waals surface area contributed by atoms with Crippen LogP contribution in [0.4, 0.5) is 11.8 Å². The van der Waals surface area contributed by atoms with Crippen LogP contribution in [0.2, 0.25) is 0 Å². The molecule has 0 spiro atoms. The van der Waals surface area contributed by atoms with E-state index in [2.05, 4.69) is 30.1 Å². The molecule has 0 bridgehead atoms. The van der Waals surface area contributed by atoms with Crippen molar-refractivity contribution in [1.82, 2.24) is 20.3 Å². The van der Waals surface area contributed by atoms with Crippen molar-refractivity contribution in [2.45, 2.75) is 0 Å². The summed E-state index contributed by atoms with van der Waals surface area (Å²) >= 11 is 0. The minimum absolute atomic E-state index is 0.191. The Kier molecular flexibility index (Phi) is 5.73. The standard InChI is InChI=1S/C17H22N6O2/c1-25-11-6-19-16(24)14-12-20-17(21-13-14)23-9-7-22(8-10-23)15-4-2-3-5-18-15/h2-5,12-13H,6-11H2,1H3,(H,19,24). The predicted molar refractivity (Wildman–Crippen MR) is 94.9 cm³/mol. The molecule has 0 unspecified atom stereocenters. The Bertz CT molecular complexity index is 671. The molecule has 1 N–H and O–H groups in total. The lowest BCUT2D eigenvalue weighted by atomic mass is 10.3. The minimum atomic E-state index is -0.191. The first-order chi connectivity index (χ1) is 12.3. The largest absolute Gasteiger partial charge is 0.383 e. The van der Waals surface area contributed by atoms with E-state index < -0.39 is 0 Å². The number of pyridine rings is 1. The van der Waals surface area contributed by atoms with Gasteiger partial charge >= 0.3 is 0 Å². The third kappa shape index (κ3) is 4.42. The lowest BCUT2D eigenvalue weighted by Crippen LogP contribution is -2.47. The van der Waals surface area contributed by atoms with Crippen LogP contribution in [-0.2, 0) is 4.74 Å². The number of piperazine rings is 1. The summed E-state index contributed by atoms with van der Waals surface area (Å²) in [5, 5.41) is 2.75. The molecule has 0 aliphatic carbocycles. The van der Waals surface area contributed by atoms with Crippen LogP contribution < -0.4 is 15.1 Å². The summed E-state index contributed by atoms with van der Waals surface area (Å²) < 4.78 is 4.91. The topological polar surface area (TPSA) is 83.5 Å². The summed E-state index contributed by atoms with van der Waals surface area (Å²) in [5.41, 5.74) is 0.451. The van der Waals surface area contributed by atoms with Crippen molar-refractivity contribution in [2.24, 2.45) is 0 Å². The number of methoxy groups -OCH3 is 1. The number of nitrogens with one attached hydrogen (secondary N) is 1. The van der Waals surface area contributed by atoms with Gasteiger partial charge in [-0.05, 0) is 12.1 Å². The normalized spacial score (nSPS) is 14.4. The first kappa shape index (κ1) is 17.1. The van der Waals surface area contributed by atoms with Crippen LogP contribution in [0.1, 0.15) is 10.4 Å². The van der Waals surface area contributed by atoms with Crippen LogP contribution >= 0.6 is 0 Å². The highest BCUT2D eigenvalue weighted by Crippen LogP contribution is 2.15. The van der Waals surface area contributed by atoms with Gasteiger partial charge in [-0.1, -0.05) is 6.07 Å². The molecule has 25 heavy (non-hydrogen) atoms. The first-order valence-corrected chi connectivity index (χ1v) is 8.28. The van der Waals surface area contributed by atoms with Gasteiger partial charge in [0.25, 0.3) is 5.91 Å². The van der Waals surface area contributed by atoms with Gasteiger partial charge < -0.3 is 19.9 Å². The summed E-state index contributed by atoms with van der Waals surface area (Å²) in [6.07, 6.45) is 4.94. The fraction of sp³-hybridized carbons (Fsp3) is 0.412. The van der Waals surface area contributed by atoms with E-state index in [0.29, 0.717) is 24.7 Å². The summed E-state index contributed by atoms with van der Waals surface area (Å²) in [5.74, 6) is 1.45. The van der Waals surface area contributed by atoms with Crippen molar-refractivity contribution in [3.63, 3.8) is 0 Å². The Morgan fingerprint density at radius 2 is 1.84 bits per heavy atom. The fourth-order valence-corrected chi connectivity index (χ4v) is 2.65. The van der Waals surface area contributed by atoms with E-state index in [4.69, 9.17) is 4.74 Å². The molecule has 1 aliphatic heterocycles. The fourth-order valence-electron chi connectivity index (χ4n) is 2.65. The lowest BCUT2D eigenvalue weighted by molar-refractivity contribution is 0.0936. The van der Waals surface area contributed by atoms with Gasteiger partial charge in [0, 0.05) is 58.4 Å². The zero-order valence-electron chi connectivity index (χ0n) is 14.3. The van der Waals surface area contributed by atoms with E-state index in [0.717, 1.165) is 32.0 Å². The van der Waals surface area contributed by atoms with Crippen LogP contribution in [0, 0.1) is 0 Å². The number of hydrogen-bond donors (Lipinski definition) is 1. The summed E-state index contributed by atoms with van der Waals surface area (Å²) in [7, 11) is 1.59. The number of rotatable bonds is 6. The van der Waals surface area contributed by atoms with Crippen LogP contribution in [0.25, 0.3) is 0 Å². The van der Waals surface area contributed by atoms with Crippen molar-refractivity contribution in [3.05, 3.63) is 42.4 Å². The molecule has 0 saturated carbocycles. The summed E-state index contributed by atoms with van der Waals surface area (Å²) in [4.78, 5) is 29.4. The molecule has 0 atom stereocenters. The third-order valence-electron chi connectivity index (χ3n) is 4.03. The summed E-state index contributed by atoms with van der Waals surface area (Å²) in [6, 6.07) is 5.93. The maximum atomic E-state index is 11.9. The molecule has 3 rings (SSSR count). The molecule has 8 nitrogen and oxygen atoms in total. The highest BCUT2D eigenvalue weighted by molar-refractivity contribution is 5.93. The zero-order chi connectivity index (χ0) is 17.5. The Hall–Kier alpha value is -2.74. The molecular weight excluding hydrogens is 320 g/mol. The van der Waals surface area contributed by atoms with Gasteiger partial charge in [-0.15, -0.1) is 0 Å². The smallest absolute Gasteiger partial charge is 0.254 e. The zero-order valence-corrected chi connectivity index (χ0v) is 14.3. The second kappa shape index (κ2) is 8.39. The average Bonchev–Trinajstić information content (AvgIpc) is 2.69. The molecule has 1 fully saturated rings. The van der Waals surface area contributed by atoms with E-state index in [1.54, 1.807) is 25.7 Å². The van der Waals surface area contributed by atoms with Gasteiger partial charge in [-0.25, -0.2) is 15.0 Å². The molecule has 0 radical (unpaired) electrons. The number of anilines is 2. The van der Waals surface area contributed by atoms with Gasteiger partial charge in [0.2, 0.25) is 5.95 Å². The van der Waals surface area contributed by atoms with E-state index in [-0.39, 0.29) is 5.91 Å². The first-order valence-electron chi connectivity index (χ1n) is 8.28. The number of aromatic nitrogens is 3. The quantitative estimate of drug-likeness (QED) is 0.769. The van der Waals surface area contributed by atoms with E-state index in [9.17, 15) is 4.79 Å². The molecule has 1 amide bonds.